The Kier molecular flexibility index (Phi) is 4.54. The molecule has 2 heterocycles. The van der Waals surface area contributed by atoms with Crippen molar-refractivity contribution >= 4 is 57.6 Å². The summed E-state index contributed by atoms with van der Waals surface area (Å²) in [5, 5.41) is 1.93. The van der Waals surface area contributed by atoms with Crippen LogP contribution in [-0.2, 0) is 16.1 Å². The second-order valence-corrected chi connectivity index (χ2v) is 8.70. The van der Waals surface area contributed by atoms with Gasteiger partial charge in [-0.15, -0.1) is 11.8 Å². The predicted octanol–water partition coefficient (Wildman–Crippen LogP) is 3.53. The van der Waals surface area contributed by atoms with E-state index >= 15 is 0 Å². The molecular formula is C18H14N2O2S3. The van der Waals surface area contributed by atoms with Crippen molar-refractivity contribution < 1.29 is 9.59 Å². The van der Waals surface area contributed by atoms with Crippen LogP contribution in [-0.4, -0.2) is 31.5 Å². The van der Waals surface area contributed by atoms with E-state index in [-0.39, 0.29) is 11.8 Å². The number of amides is 2. The van der Waals surface area contributed by atoms with E-state index in [4.69, 9.17) is 12.2 Å². The minimum absolute atomic E-state index is 0.0918. The van der Waals surface area contributed by atoms with Gasteiger partial charge in [0.15, 0.2) is 0 Å². The number of para-hydroxylation sites is 1. The lowest BCUT2D eigenvalue weighted by Gasteiger charge is -2.26. The highest BCUT2D eigenvalue weighted by molar-refractivity contribution is 8.24. The molecule has 0 spiro atoms. The van der Waals surface area contributed by atoms with Crippen LogP contribution in [0.5, 0.6) is 0 Å². The first-order valence-corrected chi connectivity index (χ1v) is 9.93. The fourth-order valence-corrected chi connectivity index (χ4v) is 5.69. The van der Waals surface area contributed by atoms with Crippen molar-refractivity contribution in [2.75, 3.05) is 5.32 Å². The molecule has 2 aromatic carbocycles. The highest BCUT2D eigenvalue weighted by Gasteiger charge is 2.46. The molecular weight excluding hydrogens is 372 g/mol. The number of benzene rings is 2. The van der Waals surface area contributed by atoms with Gasteiger partial charge in [0.1, 0.15) is 14.8 Å². The van der Waals surface area contributed by atoms with E-state index in [0.29, 0.717) is 10.9 Å². The van der Waals surface area contributed by atoms with Crippen LogP contribution in [0.4, 0.5) is 5.69 Å². The minimum Gasteiger partial charge on any atom is -0.324 e. The molecule has 0 aliphatic carbocycles. The fraction of sp³-hybridized carbons (Fsp3) is 0.167. The molecule has 1 N–H and O–H groups in total. The summed E-state index contributed by atoms with van der Waals surface area (Å²) in [4.78, 5) is 28.0. The number of thioether (sulfide) groups is 2. The van der Waals surface area contributed by atoms with Gasteiger partial charge in [-0.05, 0) is 17.7 Å². The molecule has 2 aliphatic rings. The Morgan fingerprint density at radius 3 is 2.48 bits per heavy atom. The third-order valence-corrected chi connectivity index (χ3v) is 7.25. The first kappa shape index (κ1) is 16.6. The topological polar surface area (TPSA) is 49.4 Å². The van der Waals surface area contributed by atoms with Crippen LogP contribution in [0.25, 0.3) is 0 Å². The summed E-state index contributed by atoms with van der Waals surface area (Å²) in [5.74, 6) is -0.232. The van der Waals surface area contributed by atoms with Gasteiger partial charge in [0.25, 0.3) is 0 Å². The fourth-order valence-electron chi connectivity index (χ4n) is 2.83. The Hall–Kier alpha value is -1.83. The molecule has 0 aromatic heterocycles. The van der Waals surface area contributed by atoms with Gasteiger partial charge in [-0.2, -0.15) is 0 Å². The van der Waals surface area contributed by atoms with Crippen molar-refractivity contribution in [2.24, 2.45) is 0 Å². The smallest absolute Gasteiger partial charge is 0.243 e. The molecule has 1 saturated heterocycles. The number of carbonyl (C=O) groups is 2. The molecule has 2 aromatic rings. The van der Waals surface area contributed by atoms with E-state index < -0.39 is 10.5 Å². The van der Waals surface area contributed by atoms with Gasteiger partial charge in [-0.3, -0.25) is 14.5 Å². The Labute approximate surface area is 159 Å². The number of rotatable bonds is 3. The summed E-state index contributed by atoms with van der Waals surface area (Å²) in [6.45, 7) is 0.442. The zero-order valence-electron chi connectivity index (χ0n) is 13.0. The number of thiocarbonyl (C=S) groups is 1. The number of nitrogens with one attached hydrogen (secondary N) is 1. The van der Waals surface area contributed by atoms with E-state index in [0.717, 1.165) is 16.1 Å². The van der Waals surface area contributed by atoms with Crippen molar-refractivity contribution in [3.05, 3.63) is 60.2 Å². The van der Waals surface area contributed by atoms with Crippen LogP contribution < -0.4 is 5.32 Å². The number of carbonyl (C=O) groups excluding carboxylic acids is 2. The van der Waals surface area contributed by atoms with Gasteiger partial charge in [0.05, 0.1) is 12.2 Å². The second-order valence-electron chi connectivity index (χ2n) is 5.74. The molecule has 2 amide bonds. The molecule has 0 bridgehead atoms. The lowest BCUT2D eigenvalue weighted by molar-refractivity contribution is -0.128. The second kappa shape index (κ2) is 6.82. The normalized spacial score (nSPS) is 22.7. The van der Waals surface area contributed by atoms with Gasteiger partial charge in [-0.1, -0.05) is 66.4 Å². The van der Waals surface area contributed by atoms with E-state index in [1.54, 1.807) is 4.90 Å². The summed E-state index contributed by atoms with van der Waals surface area (Å²) in [6, 6.07) is 17.4. The number of hydrogen-bond acceptors (Lipinski definition) is 5. The number of fused-ring (bicyclic) bond motifs is 1. The Bertz CT molecular complexity index is 856. The van der Waals surface area contributed by atoms with Crippen LogP contribution in [0, 0.1) is 0 Å². The molecule has 25 heavy (non-hydrogen) atoms. The van der Waals surface area contributed by atoms with Crippen molar-refractivity contribution in [3.8, 4) is 0 Å². The van der Waals surface area contributed by atoms with Crippen LogP contribution in [0.15, 0.2) is 59.5 Å². The van der Waals surface area contributed by atoms with E-state index in [1.165, 1.54) is 23.5 Å². The van der Waals surface area contributed by atoms with Crippen molar-refractivity contribution in [2.45, 2.75) is 21.9 Å². The first-order chi connectivity index (χ1) is 12.1. The van der Waals surface area contributed by atoms with E-state index in [1.807, 2.05) is 54.6 Å². The van der Waals surface area contributed by atoms with Crippen LogP contribution in [0.3, 0.4) is 0 Å². The largest absolute Gasteiger partial charge is 0.324 e. The molecule has 0 unspecified atom stereocenters. The molecule has 2 atom stereocenters. The number of nitrogens with zero attached hydrogens (tertiary/aromatic N) is 1. The van der Waals surface area contributed by atoms with Crippen LogP contribution >= 0.6 is 35.7 Å². The molecule has 0 radical (unpaired) electrons. The molecule has 4 rings (SSSR count). The highest BCUT2D eigenvalue weighted by Crippen LogP contribution is 2.43. The lowest BCUT2D eigenvalue weighted by Crippen LogP contribution is -2.42. The van der Waals surface area contributed by atoms with Crippen LogP contribution in [0.2, 0.25) is 0 Å². The van der Waals surface area contributed by atoms with E-state index in [9.17, 15) is 9.59 Å². The summed E-state index contributed by atoms with van der Waals surface area (Å²) >= 11 is 8.16. The zero-order valence-corrected chi connectivity index (χ0v) is 15.5. The Morgan fingerprint density at radius 1 is 0.960 bits per heavy atom. The maximum absolute atomic E-state index is 12.9. The third kappa shape index (κ3) is 3.19. The van der Waals surface area contributed by atoms with Gasteiger partial charge in [0.2, 0.25) is 11.8 Å². The Morgan fingerprint density at radius 2 is 1.68 bits per heavy atom. The van der Waals surface area contributed by atoms with Gasteiger partial charge in [-0.25, -0.2) is 0 Å². The van der Waals surface area contributed by atoms with Gasteiger partial charge in [0, 0.05) is 4.90 Å². The predicted molar refractivity (Wildman–Crippen MR) is 106 cm³/mol. The Balaban J connectivity index is 1.55. The maximum Gasteiger partial charge on any atom is 0.243 e. The summed E-state index contributed by atoms with van der Waals surface area (Å²) in [7, 11) is 0. The highest BCUT2D eigenvalue weighted by atomic mass is 32.2. The van der Waals surface area contributed by atoms with Crippen molar-refractivity contribution in [1.29, 1.82) is 0 Å². The average Bonchev–Trinajstić information content (AvgIpc) is 2.90. The summed E-state index contributed by atoms with van der Waals surface area (Å²) in [6.07, 6.45) is 0. The maximum atomic E-state index is 12.9. The molecule has 126 valence electrons. The van der Waals surface area contributed by atoms with Gasteiger partial charge >= 0.3 is 0 Å². The molecule has 4 nitrogen and oxygen atoms in total. The summed E-state index contributed by atoms with van der Waals surface area (Å²) in [5.41, 5.74) is 1.82. The molecule has 0 saturated carbocycles. The van der Waals surface area contributed by atoms with Crippen molar-refractivity contribution in [1.82, 2.24) is 4.90 Å². The molecule has 7 heteroatoms. The minimum atomic E-state index is -0.491. The SMILES string of the molecule is O=C1Nc2ccccc2S[C@H]1[C@H]1SC(=S)N(Cc2ccccc2)C1=O. The monoisotopic (exact) mass is 386 g/mol. The molecule has 1 fully saturated rings. The van der Waals surface area contributed by atoms with Crippen LogP contribution in [0.1, 0.15) is 5.56 Å². The number of hydrogen-bond donors (Lipinski definition) is 1. The quantitative estimate of drug-likeness (QED) is 0.818. The van der Waals surface area contributed by atoms with Crippen molar-refractivity contribution in [3.63, 3.8) is 0 Å². The zero-order chi connectivity index (χ0) is 17.4. The lowest BCUT2D eigenvalue weighted by atomic mass is 10.2. The standard InChI is InChI=1S/C18H14N2O2S3/c21-16-14(24-13-9-5-4-8-12(13)19-16)15-17(22)20(18(23)25-15)10-11-6-2-1-3-7-11/h1-9,14-15H,10H2,(H,19,21)/t14-,15+/m0/s1. The average molecular weight is 387 g/mol. The first-order valence-electron chi connectivity index (χ1n) is 7.76. The van der Waals surface area contributed by atoms with Gasteiger partial charge < -0.3 is 5.32 Å². The van der Waals surface area contributed by atoms with E-state index in [2.05, 4.69) is 5.32 Å². The summed E-state index contributed by atoms with van der Waals surface area (Å²) < 4.78 is 0.533. The third-order valence-electron chi connectivity index (χ3n) is 4.07. The molecule has 2 aliphatic heterocycles. The number of anilines is 1.